The molecule has 5 heteroatoms. The van der Waals surface area contributed by atoms with Gasteiger partial charge in [-0.1, -0.05) is 12.1 Å². The molecule has 0 radical (unpaired) electrons. The van der Waals surface area contributed by atoms with Gasteiger partial charge in [0.25, 0.3) is 0 Å². The second-order valence-electron chi connectivity index (χ2n) is 4.80. The monoisotopic (exact) mass is 261 g/mol. The highest BCUT2D eigenvalue weighted by Crippen LogP contribution is 2.39. The van der Waals surface area contributed by atoms with Crippen LogP contribution in [0.25, 0.3) is 0 Å². The van der Waals surface area contributed by atoms with Crippen LogP contribution in [-0.4, -0.2) is 29.3 Å². The van der Waals surface area contributed by atoms with Crippen molar-refractivity contribution in [2.45, 2.75) is 20.3 Å². The van der Waals surface area contributed by atoms with Gasteiger partial charge in [0.05, 0.1) is 12.1 Å². The lowest BCUT2D eigenvalue weighted by atomic mass is 9.74. The van der Waals surface area contributed by atoms with Crippen LogP contribution in [0, 0.1) is 5.41 Å². The molecular formula is C14H15NO4. The van der Waals surface area contributed by atoms with E-state index in [-0.39, 0.29) is 0 Å². The fourth-order valence-corrected chi connectivity index (χ4v) is 2.47. The number of ketones is 1. The summed E-state index contributed by atoms with van der Waals surface area (Å²) < 4.78 is 0. The number of Topliss-reactive ketones (excluding diaryl/α,β-unsaturated/α-hetero) is 1. The van der Waals surface area contributed by atoms with E-state index < -0.39 is 29.5 Å². The van der Waals surface area contributed by atoms with E-state index in [2.05, 4.69) is 0 Å². The third-order valence-electron chi connectivity index (χ3n) is 3.48. The maximum Gasteiger partial charge on any atom is 0.304 e. The molecular weight excluding hydrogens is 246 g/mol. The Morgan fingerprint density at radius 3 is 2.53 bits per heavy atom. The van der Waals surface area contributed by atoms with Crippen molar-refractivity contribution in [1.82, 2.24) is 0 Å². The van der Waals surface area contributed by atoms with Crippen molar-refractivity contribution in [3.05, 3.63) is 29.8 Å². The summed E-state index contributed by atoms with van der Waals surface area (Å²) in [6.45, 7) is 3.61. The summed E-state index contributed by atoms with van der Waals surface area (Å²) in [7, 11) is 0. The number of rotatable bonds is 3. The maximum absolute atomic E-state index is 12.4. The molecule has 0 saturated heterocycles. The van der Waals surface area contributed by atoms with Crippen LogP contribution in [0.2, 0.25) is 0 Å². The molecule has 0 aliphatic carbocycles. The zero-order valence-electron chi connectivity index (χ0n) is 10.8. The van der Waals surface area contributed by atoms with Gasteiger partial charge in [-0.2, -0.15) is 0 Å². The van der Waals surface area contributed by atoms with Crippen molar-refractivity contribution < 1.29 is 19.5 Å². The number of para-hydroxylation sites is 1. The number of carbonyl (C=O) groups is 3. The van der Waals surface area contributed by atoms with Gasteiger partial charge in [0.2, 0.25) is 5.91 Å². The molecule has 0 bridgehead atoms. The average molecular weight is 261 g/mol. The van der Waals surface area contributed by atoms with E-state index in [0.29, 0.717) is 17.8 Å². The molecule has 1 unspecified atom stereocenters. The van der Waals surface area contributed by atoms with Crippen molar-refractivity contribution in [3.8, 4) is 0 Å². The molecule has 5 nitrogen and oxygen atoms in total. The lowest BCUT2D eigenvalue weighted by Crippen LogP contribution is -2.52. The topological polar surface area (TPSA) is 74.7 Å². The quantitative estimate of drug-likeness (QED) is 0.840. The molecule has 1 atom stereocenters. The molecule has 1 aliphatic rings. The molecule has 1 amide bonds. The number of carboxylic acid groups (broad SMARTS) is 1. The average Bonchev–Trinajstić information content (AvgIpc) is 2.37. The van der Waals surface area contributed by atoms with Gasteiger partial charge < -0.3 is 10.0 Å². The highest BCUT2D eigenvalue weighted by atomic mass is 16.4. The zero-order valence-corrected chi connectivity index (χ0v) is 10.8. The van der Waals surface area contributed by atoms with E-state index in [1.165, 1.54) is 11.8 Å². The molecule has 1 heterocycles. The molecule has 0 spiro atoms. The fourth-order valence-electron chi connectivity index (χ4n) is 2.47. The lowest BCUT2D eigenvalue weighted by Gasteiger charge is -2.38. The number of aliphatic carboxylic acids is 1. The van der Waals surface area contributed by atoms with E-state index in [1.807, 2.05) is 0 Å². The van der Waals surface area contributed by atoms with Crippen LogP contribution in [0.15, 0.2) is 24.3 Å². The molecule has 1 aliphatic heterocycles. The third kappa shape index (κ3) is 1.91. The Labute approximate surface area is 110 Å². The summed E-state index contributed by atoms with van der Waals surface area (Å²) in [6.07, 6.45) is -0.491. The van der Waals surface area contributed by atoms with E-state index >= 15 is 0 Å². The number of hydrogen-bond acceptors (Lipinski definition) is 3. The van der Waals surface area contributed by atoms with Crippen molar-refractivity contribution in [1.29, 1.82) is 0 Å². The molecule has 0 fully saturated rings. The highest BCUT2D eigenvalue weighted by Gasteiger charge is 2.50. The first-order valence-corrected chi connectivity index (χ1v) is 6.09. The van der Waals surface area contributed by atoms with Gasteiger partial charge in [-0.15, -0.1) is 0 Å². The smallest absolute Gasteiger partial charge is 0.304 e. The molecule has 100 valence electrons. The first-order chi connectivity index (χ1) is 8.91. The summed E-state index contributed by atoms with van der Waals surface area (Å²) in [4.78, 5) is 37.3. The van der Waals surface area contributed by atoms with Gasteiger partial charge in [-0.25, -0.2) is 0 Å². The predicted octanol–water partition coefficient (Wildman–Crippen LogP) is 1.72. The van der Waals surface area contributed by atoms with Gasteiger partial charge in [0.15, 0.2) is 5.78 Å². The summed E-state index contributed by atoms with van der Waals surface area (Å²) in [5.41, 5.74) is -0.550. The first-order valence-electron chi connectivity index (χ1n) is 6.09. The standard InChI is InChI=1S/C14H15NO4/c1-3-15-10-7-5-4-6-9(10)12(18)14(2,13(15)19)8-11(16)17/h4-7H,3,8H2,1-2H3,(H,16,17). The molecule has 19 heavy (non-hydrogen) atoms. The SMILES string of the molecule is CCN1C(=O)C(C)(CC(=O)O)C(=O)c2ccccc21. The van der Waals surface area contributed by atoms with Crippen molar-refractivity contribution >= 4 is 23.3 Å². The van der Waals surface area contributed by atoms with Gasteiger partial charge in [0.1, 0.15) is 5.41 Å². The van der Waals surface area contributed by atoms with Gasteiger partial charge in [-0.3, -0.25) is 14.4 Å². The number of benzene rings is 1. The summed E-state index contributed by atoms with van der Waals surface area (Å²) in [6, 6.07) is 6.80. The summed E-state index contributed by atoms with van der Waals surface area (Å²) in [5.74, 6) is -2.01. The Kier molecular flexibility index (Phi) is 3.14. The number of anilines is 1. The number of nitrogens with zero attached hydrogens (tertiary/aromatic N) is 1. The van der Waals surface area contributed by atoms with E-state index in [1.54, 1.807) is 31.2 Å². The summed E-state index contributed by atoms with van der Waals surface area (Å²) >= 11 is 0. The van der Waals surface area contributed by atoms with Crippen LogP contribution in [0.5, 0.6) is 0 Å². The number of amides is 1. The molecule has 1 aromatic rings. The van der Waals surface area contributed by atoms with Gasteiger partial charge in [-0.05, 0) is 26.0 Å². The normalized spacial score (nSPS) is 22.3. The fraction of sp³-hybridized carbons (Fsp3) is 0.357. The largest absolute Gasteiger partial charge is 0.481 e. The van der Waals surface area contributed by atoms with Crippen molar-refractivity contribution in [2.75, 3.05) is 11.4 Å². The van der Waals surface area contributed by atoms with Gasteiger partial charge >= 0.3 is 5.97 Å². The minimum atomic E-state index is -1.52. The van der Waals surface area contributed by atoms with Crippen molar-refractivity contribution in [3.63, 3.8) is 0 Å². The minimum Gasteiger partial charge on any atom is -0.481 e. The molecule has 1 aromatic carbocycles. The van der Waals surface area contributed by atoms with E-state index in [4.69, 9.17) is 5.11 Å². The third-order valence-corrected chi connectivity index (χ3v) is 3.48. The Bertz CT molecular complexity index is 566. The van der Waals surface area contributed by atoms with Crippen molar-refractivity contribution in [2.24, 2.45) is 5.41 Å². The summed E-state index contributed by atoms with van der Waals surface area (Å²) in [5, 5.41) is 8.95. The highest BCUT2D eigenvalue weighted by molar-refractivity contribution is 6.25. The maximum atomic E-state index is 12.4. The van der Waals surface area contributed by atoms with Crippen LogP contribution in [-0.2, 0) is 9.59 Å². The number of fused-ring (bicyclic) bond motifs is 1. The van der Waals surface area contributed by atoms with Crippen LogP contribution >= 0.6 is 0 Å². The number of carboxylic acids is 1. The number of hydrogen-bond donors (Lipinski definition) is 1. The minimum absolute atomic E-state index is 0.401. The van der Waals surface area contributed by atoms with Crippen LogP contribution in [0.4, 0.5) is 5.69 Å². The molecule has 0 aromatic heterocycles. The first kappa shape index (κ1) is 13.3. The van der Waals surface area contributed by atoms with Crippen LogP contribution in [0.1, 0.15) is 30.6 Å². The molecule has 0 saturated carbocycles. The number of carbonyl (C=O) groups excluding carboxylic acids is 2. The van der Waals surface area contributed by atoms with E-state index in [9.17, 15) is 14.4 Å². The van der Waals surface area contributed by atoms with E-state index in [0.717, 1.165) is 0 Å². The second-order valence-corrected chi connectivity index (χ2v) is 4.80. The Hall–Kier alpha value is -2.17. The second kappa shape index (κ2) is 4.50. The Morgan fingerprint density at radius 2 is 1.95 bits per heavy atom. The van der Waals surface area contributed by atoms with Crippen LogP contribution < -0.4 is 4.90 Å². The molecule has 1 N–H and O–H groups in total. The van der Waals surface area contributed by atoms with Gasteiger partial charge in [0, 0.05) is 12.1 Å². The zero-order chi connectivity index (χ0) is 14.2. The Morgan fingerprint density at radius 1 is 1.32 bits per heavy atom. The molecule has 2 rings (SSSR count). The Balaban J connectivity index is 2.60. The lowest BCUT2D eigenvalue weighted by molar-refractivity contribution is -0.142. The predicted molar refractivity (Wildman–Crippen MR) is 69.2 cm³/mol. The van der Waals surface area contributed by atoms with Crippen LogP contribution in [0.3, 0.4) is 0 Å².